The molecule has 1 aromatic rings. The Morgan fingerprint density at radius 2 is 1.61 bits per heavy atom. The van der Waals surface area contributed by atoms with Crippen LogP contribution in [0.4, 0.5) is 0 Å². The topological polar surface area (TPSA) is 113 Å². The molecule has 1 unspecified atom stereocenters. The molecule has 172 valence electrons. The van der Waals surface area contributed by atoms with Crippen molar-refractivity contribution in [3.63, 3.8) is 0 Å². The lowest BCUT2D eigenvalue weighted by Gasteiger charge is -2.32. The average Bonchev–Trinajstić information content (AvgIpc) is 3.14. The Labute approximate surface area is 185 Å². The fraction of sp³-hybridized carbons (Fsp3) is 0.636. The summed E-state index contributed by atoms with van der Waals surface area (Å²) in [5.41, 5.74) is 7.42. The fourth-order valence-electron chi connectivity index (χ4n) is 4.26. The summed E-state index contributed by atoms with van der Waals surface area (Å²) >= 11 is 0. The molecule has 1 aliphatic heterocycles. The summed E-state index contributed by atoms with van der Waals surface area (Å²) in [6, 6.07) is 7.36. The van der Waals surface area contributed by atoms with E-state index in [1.807, 2.05) is 12.1 Å². The van der Waals surface area contributed by atoms with Crippen LogP contribution < -0.4 is 11.1 Å². The quantitative estimate of drug-likeness (QED) is 0.720. The first kappa shape index (κ1) is 23.7. The number of carbonyl (C=O) groups excluding carboxylic acids is 2. The number of nitrogens with zero attached hydrogens (tertiary/aromatic N) is 2. The van der Waals surface area contributed by atoms with Crippen molar-refractivity contribution in [2.75, 3.05) is 19.3 Å². The molecule has 1 atom stereocenters. The van der Waals surface area contributed by atoms with E-state index in [1.54, 1.807) is 12.1 Å². The van der Waals surface area contributed by atoms with Gasteiger partial charge in [-0.2, -0.15) is 4.31 Å². The molecule has 1 aromatic carbocycles. The van der Waals surface area contributed by atoms with Crippen molar-refractivity contribution in [2.45, 2.75) is 70.1 Å². The van der Waals surface area contributed by atoms with Gasteiger partial charge < -0.3 is 16.0 Å². The fourth-order valence-corrected chi connectivity index (χ4v) is 5.24. The molecule has 1 heterocycles. The van der Waals surface area contributed by atoms with Gasteiger partial charge in [0, 0.05) is 30.7 Å². The Kier molecular flexibility index (Phi) is 6.78. The average molecular weight is 451 g/mol. The number of carbonyl (C=O) groups is 2. The van der Waals surface area contributed by atoms with Gasteiger partial charge in [-0.3, -0.25) is 9.59 Å². The van der Waals surface area contributed by atoms with E-state index in [4.69, 9.17) is 5.73 Å². The molecule has 9 heteroatoms. The first-order chi connectivity index (χ1) is 14.4. The Hall–Kier alpha value is -1.97. The van der Waals surface area contributed by atoms with Crippen LogP contribution in [0.15, 0.2) is 24.3 Å². The molecule has 2 amide bonds. The molecule has 3 N–H and O–H groups in total. The molecule has 1 saturated carbocycles. The second-order valence-corrected chi connectivity index (χ2v) is 11.6. The van der Waals surface area contributed by atoms with Crippen molar-refractivity contribution < 1.29 is 18.0 Å². The lowest BCUT2D eigenvalue weighted by Crippen LogP contribution is -2.55. The summed E-state index contributed by atoms with van der Waals surface area (Å²) in [5, 5.41) is 2.95. The van der Waals surface area contributed by atoms with Gasteiger partial charge in [-0.25, -0.2) is 8.42 Å². The molecule has 0 aromatic heterocycles. The zero-order valence-electron chi connectivity index (χ0n) is 18.8. The summed E-state index contributed by atoms with van der Waals surface area (Å²) in [6.45, 7) is 6.53. The van der Waals surface area contributed by atoms with Gasteiger partial charge in [-0.15, -0.1) is 0 Å². The number of benzene rings is 1. The van der Waals surface area contributed by atoms with E-state index in [2.05, 4.69) is 26.1 Å². The molecule has 1 aliphatic carbocycles. The monoisotopic (exact) mass is 450 g/mol. The Bertz CT molecular complexity index is 916. The van der Waals surface area contributed by atoms with Crippen LogP contribution in [0, 0.1) is 0 Å². The summed E-state index contributed by atoms with van der Waals surface area (Å²) in [6.07, 6.45) is 3.02. The number of rotatable bonds is 4. The van der Waals surface area contributed by atoms with Crippen LogP contribution in [-0.2, 0) is 20.2 Å². The van der Waals surface area contributed by atoms with Crippen LogP contribution in [-0.4, -0.2) is 67.0 Å². The number of hydrogen-bond donors (Lipinski definition) is 2. The molecule has 2 fully saturated rings. The molecule has 0 bridgehead atoms. The van der Waals surface area contributed by atoms with E-state index in [9.17, 15) is 18.0 Å². The standard InChI is InChI=1S/C22H34N4O4S/c1-22(2,3)16-7-5-15(6-8-16)21(28)25-13-14-26(31(4,29)30)20(25)19(27)24-18-11-9-17(23)10-12-18/h5-8,17-18,20H,9-14,23H2,1-4H3,(H,24,27). The van der Waals surface area contributed by atoms with Crippen molar-refractivity contribution in [3.05, 3.63) is 35.4 Å². The maximum absolute atomic E-state index is 13.2. The Morgan fingerprint density at radius 1 is 1.03 bits per heavy atom. The molecular weight excluding hydrogens is 416 g/mol. The maximum atomic E-state index is 13.2. The van der Waals surface area contributed by atoms with Crippen molar-refractivity contribution in [1.29, 1.82) is 0 Å². The minimum Gasteiger partial charge on any atom is -0.350 e. The number of amides is 2. The van der Waals surface area contributed by atoms with Gasteiger partial charge in [0.15, 0.2) is 6.17 Å². The first-order valence-electron chi connectivity index (χ1n) is 10.8. The van der Waals surface area contributed by atoms with Crippen molar-refractivity contribution in [1.82, 2.24) is 14.5 Å². The Morgan fingerprint density at radius 3 is 2.13 bits per heavy atom. The third-order valence-corrected chi connectivity index (χ3v) is 7.40. The van der Waals surface area contributed by atoms with Crippen molar-refractivity contribution in [2.24, 2.45) is 5.73 Å². The SMILES string of the molecule is CC(C)(C)c1ccc(C(=O)N2CCN(S(C)(=O)=O)C2C(=O)NC2CCC(N)CC2)cc1. The largest absolute Gasteiger partial charge is 0.350 e. The summed E-state index contributed by atoms with van der Waals surface area (Å²) in [7, 11) is -3.66. The van der Waals surface area contributed by atoms with E-state index in [1.165, 1.54) is 4.90 Å². The summed E-state index contributed by atoms with van der Waals surface area (Å²) < 4.78 is 25.8. The van der Waals surface area contributed by atoms with Crippen LogP contribution in [0.1, 0.15) is 62.4 Å². The molecule has 3 rings (SSSR count). The van der Waals surface area contributed by atoms with Crippen LogP contribution in [0.2, 0.25) is 0 Å². The predicted molar refractivity (Wildman–Crippen MR) is 120 cm³/mol. The second kappa shape index (κ2) is 8.88. The zero-order valence-corrected chi connectivity index (χ0v) is 19.6. The first-order valence-corrected chi connectivity index (χ1v) is 12.7. The molecule has 8 nitrogen and oxygen atoms in total. The van der Waals surface area contributed by atoms with Gasteiger partial charge in [0.25, 0.3) is 11.8 Å². The third kappa shape index (κ3) is 5.45. The minimum atomic E-state index is -3.66. The molecule has 2 aliphatic rings. The van der Waals surface area contributed by atoms with Gasteiger partial charge in [0.1, 0.15) is 0 Å². The highest BCUT2D eigenvalue weighted by atomic mass is 32.2. The second-order valence-electron chi connectivity index (χ2n) is 9.69. The third-order valence-electron chi connectivity index (χ3n) is 6.17. The highest BCUT2D eigenvalue weighted by molar-refractivity contribution is 7.88. The minimum absolute atomic E-state index is 0.0483. The highest BCUT2D eigenvalue weighted by Crippen LogP contribution is 2.25. The number of hydrogen-bond acceptors (Lipinski definition) is 5. The zero-order chi connectivity index (χ0) is 23.0. The smallest absolute Gasteiger partial charge is 0.259 e. The molecule has 0 spiro atoms. The van der Waals surface area contributed by atoms with Gasteiger partial charge in [0.05, 0.1) is 6.26 Å². The lowest BCUT2D eigenvalue weighted by molar-refractivity contribution is -0.128. The number of nitrogens with one attached hydrogen (secondary N) is 1. The molecule has 0 radical (unpaired) electrons. The predicted octanol–water partition coefficient (Wildman–Crippen LogP) is 1.41. The molecular formula is C22H34N4O4S. The van der Waals surface area contributed by atoms with Crippen LogP contribution >= 0.6 is 0 Å². The Balaban J connectivity index is 1.82. The van der Waals surface area contributed by atoms with Crippen molar-refractivity contribution >= 4 is 21.8 Å². The van der Waals surface area contributed by atoms with Gasteiger partial charge in [0.2, 0.25) is 10.0 Å². The lowest BCUT2D eigenvalue weighted by atomic mass is 9.86. The molecule has 1 saturated heterocycles. The normalized spacial score (nSPS) is 25.5. The number of nitrogens with two attached hydrogens (primary N) is 1. The summed E-state index contributed by atoms with van der Waals surface area (Å²) in [4.78, 5) is 27.7. The van der Waals surface area contributed by atoms with Crippen LogP contribution in [0.25, 0.3) is 0 Å². The molecule has 31 heavy (non-hydrogen) atoms. The van der Waals surface area contributed by atoms with Crippen LogP contribution in [0.3, 0.4) is 0 Å². The van der Waals surface area contributed by atoms with Crippen molar-refractivity contribution in [3.8, 4) is 0 Å². The van der Waals surface area contributed by atoms with Gasteiger partial charge >= 0.3 is 0 Å². The summed E-state index contributed by atoms with van der Waals surface area (Å²) in [5.74, 6) is -0.805. The van der Waals surface area contributed by atoms with E-state index in [0.717, 1.165) is 41.8 Å². The van der Waals surface area contributed by atoms with E-state index in [-0.39, 0.29) is 36.5 Å². The van der Waals surface area contributed by atoms with Crippen LogP contribution in [0.5, 0.6) is 0 Å². The van der Waals surface area contributed by atoms with E-state index in [0.29, 0.717) is 5.56 Å². The van der Waals surface area contributed by atoms with Gasteiger partial charge in [-0.05, 0) is 48.8 Å². The maximum Gasteiger partial charge on any atom is 0.259 e. The number of sulfonamides is 1. The van der Waals surface area contributed by atoms with Gasteiger partial charge in [-0.1, -0.05) is 32.9 Å². The highest BCUT2D eigenvalue weighted by Gasteiger charge is 2.45. The van der Waals surface area contributed by atoms with E-state index >= 15 is 0 Å². The van der Waals surface area contributed by atoms with E-state index < -0.39 is 22.1 Å².